The van der Waals surface area contributed by atoms with Crippen LogP contribution in [0.15, 0.2) is 41.3 Å². The lowest BCUT2D eigenvalue weighted by Crippen LogP contribution is -2.17. The largest absolute Gasteiger partial charge is 0.465 e. The number of hydrogen-bond donors (Lipinski definition) is 1. The van der Waals surface area contributed by atoms with Gasteiger partial charge in [-0.05, 0) is 56.5 Å². The predicted octanol–water partition coefficient (Wildman–Crippen LogP) is 3.44. The molecule has 0 saturated heterocycles. The van der Waals surface area contributed by atoms with Gasteiger partial charge in [0.15, 0.2) is 0 Å². The number of nitrogens with zero attached hydrogens (tertiary/aromatic N) is 2. The van der Waals surface area contributed by atoms with E-state index in [2.05, 4.69) is 9.97 Å². The molecule has 0 aliphatic rings. The average Bonchev–Trinajstić information content (AvgIpc) is 2.69. The number of anilines is 1. The fourth-order valence-electron chi connectivity index (χ4n) is 3.65. The molecule has 9 heteroatoms. The van der Waals surface area contributed by atoms with E-state index in [9.17, 15) is 13.2 Å². The van der Waals surface area contributed by atoms with Gasteiger partial charge in [0, 0.05) is 12.0 Å². The lowest BCUT2D eigenvalue weighted by atomic mass is 10.0. The van der Waals surface area contributed by atoms with E-state index in [0.717, 1.165) is 11.1 Å². The second kappa shape index (κ2) is 8.96. The maximum absolute atomic E-state index is 13.2. The minimum Gasteiger partial charge on any atom is -0.465 e. The predicted molar refractivity (Wildman–Crippen MR) is 120 cm³/mol. The number of methoxy groups -OCH3 is 1. The van der Waals surface area contributed by atoms with Gasteiger partial charge >= 0.3 is 16.1 Å². The molecule has 0 aliphatic heterocycles. The Hall–Kier alpha value is -3.46. The van der Waals surface area contributed by atoms with E-state index in [-0.39, 0.29) is 23.1 Å². The van der Waals surface area contributed by atoms with E-state index >= 15 is 0 Å². The third-order valence-corrected chi connectivity index (χ3v) is 6.51. The summed E-state index contributed by atoms with van der Waals surface area (Å²) in [5.74, 6) is -0.649. The van der Waals surface area contributed by atoms with Crippen molar-refractivity contribution < 1.29 is 22.1 Å². The van der Waals surface area contributed by atoms with Gasteiger partial charge in [0.05, 0.1) is 18.4 Å². The summed E-state index contributed by atoms with van der Waals surface area (Å²) in [5, 5.41) is 0. The highest BCUT2D eigenvalue weighted by molar-refractivity contribution is 7.87. The van der Waals surface area contributed by atoms with Gasteiger partial charge in [-0.1, -0.05) is 29.8 Å². The molecule has 0 amide bonds. The average molecular weight is 456 g/mol. The van der Waals surface area contributed by atoms with Gasteiger partial charge in [0.25, 0.3) is 0 Å². The summed E-state index contributed by atoms with van der Waals surface area (Å²) in [4.78, 5) is 20.0. The fourth-order valence-corrected chi connectivity index (χ4v) is 4.99. The summed E-state index contributed by atoms with van der Waals surface area (Å²) < 4.78 is 36.5. The van der Waals surface area contributed by atoms with Crippen molar-refractivity contribution in [2.24, 2.45) is 0 Å². The Morgan fingerprint density at radius 1 is 1.00 bits per heavy atom. The molecule has 3 aromatic rings. The van der Waals surface area contributed by atoms with Crippen LogP contribution >= 0.6 is 0 Å². The van der Waals surface area contributed by atoms with Gasteiger partial charge in [0.1, 0.15) is 4.90 Å². The highest BCUT2D eigenvalue weighted by Crippen LogP contribution is 2.29. The summed E-state index contributed by atoms with van der Waals surface area (Å²) >= 11 is 0. The number of esters is 1. The molecule has 0 atom stereocenters. The number of benzene rings is 2. The minimum absolute atomic E-state index is 0.0881. The molecule has 168 valence electrons. The first kappa shape index (κ1) is 23.2. The van der Waals surface area contributed by atoms with Crippen molar-refractivity contribution in [2.45, 2.75) is 39.0 Å². The standard InChI is InChI=1S/C23H25N3O5S/c1-13-10-14(2)20(15(3)11-13)32(28,29)31-21-19(16(4)25-23(24)26-21)12-17-6-8-18(9-7-17)22(27)30-5/h6-11H,12H2,1-5H3,(H2,24,25,26). The topological polar surface area (TPSA) is 121 Å². The molecule has 0 radical (unpaired) electrons. The van der Waals surface area contributed by atoms with E-state index in [1.54, 1.807) is 57.2 Å². The summed E-state index contributed by atoms with van der Waals surface area (Å²) in [6, 6.07) is 10.3. The molecule has 0 aliphatic carbocycles. The molecule has 0 bridgehead atoms. The maximum atomic E-state index is 13.2. The Kier molecular flexibility index (Phi) is 6.50. The van der Waals surface area contributed by atoms with Crippen molar-refractivity contribution >= 4 is 22.0 Å². The number of carbonyl (C=O) groups is 1. The van der Waals surface area contributed by atoms with Crippen molar-refractivity contribution in [3.63, 3.8) is 0 Å². The van der Waals surface area contributed by atoms with Crippen LogP contribution in [0.3, 0.4) is 0 Å². The highest BCUT2D eigenvalue weighted by atomic mass is 32.2. The van der Waals surface area contributed by atoms with Gasteiger partial charge in [-0.15, -0.1) is 0 Å². The zero-order chi connectivity index (χ0) is 23.6. The van der Waals surface area contributed by atoms with Gasteiger partial charge in [0.2, 0.25) is 11.8 Å². The Bertz CT molecular complexity index is 1260. The Labute approximate surface area is 187 Å². The van der Waals surface area contributed by atoms with E-state index in [4.69, 9.17) is 14.7 Å². The molecule has 0 saturated carbocycles. The van der Waals surface area contributed by atoms with Gasteiger partial charge < -0.3 is 14.7 Å². The number of aryl methyl sites for hydroxylation is 4. The first-order chi connectivity index (χ1) is 15.0. The zero-order valence-corrected chi connectivity index (χ0v) is 19.4. The van der Waals surface area contributed by atoms with Gasteiger partial charge in [-0.25, -0.2) is 9.78 Å². The molecule has 8 nitrogen and oxygen atoms in total. The first-order valence-corrected chi connectivity index (χ1v) is 11.2. The van der Waals surface area contributed by atoms with Crippen LogP contribution in [0.4, 0.5) is 5.95 Å². The maximum Gasteiger partial charge on any atom is 0.341 e. The highest BCUT2D eigenvalue weighted by Gasteiger charge is 2.25. The quantitative estimate of drug-likeness (QED) is 0.443. The molecule has 2 aromatic carbocycles. The third kappa shape index (κ3) is 4.88. The Balaban J connectivity index is 2.00. The Morgan fingerprint density at radius 3 is 2.16 bits per heavy atom. The monoisotopic (exact) mass is 455 g/mol. The zero-order valence-electron chi connectivity index (χ0n) is 18.6. The fraction of sp³-hybridized carbons (Fsp3) is 0.261. The van der Waals surface area contributed by atoms with Crippen LogP contribution in [0, 0.1) is 27.7 Å². The van der Waals surface area contributed by atoms with E-state index in [1.807, 2.05) is 6.92 Å². The lowest BCUT2D eigenvalue weighted by molar-refractivity contribution is 0.0600. The number of ether oxygens (including phenoxy) is 1. The molecule has 0 spiro atoms. The molecular weight excluding hydrogens is 430 g/mol. The van der Waals surface area contributed by atoms with Crippen molar-refractivity contribution in [1.82, 2.24) is 9.97 Å². The number of nitrogens with two attached hydrogens (primary N) is 1. The second-order valence-corrected chi connectivity index (χ2v) is 9.06. The SMILES string of the molecule is COC(=O)c1ccc(Cc2c(C)nc(N)nc2OS(=O)(=O)c2c(C)cc(C)cc2C)cc1. The van der Waals surface area contributed by atoms with Crippen LogP contribution in [0.1, 0.15) is 43.9 Å². The number of aromatic nitrogens is 2. The molecule has 3 rings (SSSR count). The molecule has 32 heavy (non-hydrogen) atoms. The summed E-state index contributed by atoms with van der Waals surface area (Å²) in [6.07, 6.45) is 0.282. The summed E-state index contributed by atoms with van der Waals surface area (Å²) in [6.45, 7) is 7.05. The van der Waals surface area contributed by atoms with Gasteiger partial charge in [-0.3, -0.25) is 0 Å². The number of nitrogen functional groups attached to an aromatic ring is 1. The van der Waals surface area contributed by atoms with Crippen molar-refractivity contribution in [1.29, 1.82) is 0 Å². The molecule has 1 aromatic heterocycles. The lowest BCUT2D eigenvalue weighted by Gasteiger charge is -2.16. The van der Waals surface area contributed by atoms with E-state index in [1.165, 1.54) is 7.11 Å². The molecule has 0 fully saturated rings. The van der Waals surface area contributed by atoms with Crippen LogP contribution in [-0.2, 0) is 21.3 Å². The molecule has 0 unspecified atom stereocenters. The number of carbonyl (C=O) groups excluding carboxylic acids is 1. The smallest absolute Gasteiger partial charge is 0.341 e. The van der Waals surface area contributed by atoms with Crippen molar-refractivity contribution in [2.75, 3.05) is 12.8 Å². The molecule has 1 heterocycles. The van der Waals surface area contributed by atoms with Crippen LogP contribution in [0.25, 0.3) is 0 Å². The minimum atomic E-state index is -4.17. The first-order valence-electron chi connectivity index (χ1n) is 9.84. The van der Waals surface area contributed by atoms with E-state index in [0.29, 0.717) is 27.9 Å². The number of hydrogen-bond acceptors (Lipinski definition) is 8. The van der Waals surface area contributed by atoms with Crippen LogP contribution in [0.2, 0.25) is 0 Å². The second-order valence-electron chi connectivity index (χ2n) is 7.58. The Morgan fingerprint density at radius 2 is 1.59 bits per heavy atom. The summed E-state index contributed by atoms with van der Waals surface area (Å²) in [7, 11) is -2.86. The van der Waals surface area contributed by atoms with Crippen LogP contribution in [0.5, 0.6) is 5.88 Å². The summed E-state index contributed by atoms with van der Waals surface area (Å²) in [5.41, 5.74) is 10.1. The molecular formula is C23H25N3O5S. The van der Waals surface area contributed by atoms with Crippen LogP contribution in [-0.4, -0.2) is 31.5 Å². The number of rotatable bonds is 6. The van der Waals surface area contributed by atoms with E-state index < -0.39 is 16.1 Å². The van der Waals surface area contributed by atoms with Crippen LogP contribution < -0.4 is 9.92 Å². The van der Waals surface area contributed by atoms with Gasteiger partial charge in [-0.2, -0.15) is 13.4 Å². The van der Waals surface area contributed by atoms with Crippen molar-refractivity contribution in [3.05, 3.63) is 75.5 Å². The molecule has 2 N–H and O–H groups in total. The third-order valence-electron chi connectivity index (χ3n) is 4.99. The normalized spacial score (nSPS) is 11.3. The van der Waals surface area contributed by atoms with Crippen molar-refractivity contribution in [3.8, 4) is 5.88 Å².